The highest BCUT2D eigenvalue weighted by Crippen LogP contribution is 2.10. The van der Waals surface area contributed by atoms with Gasteiger partial charge in [0.1, 0.15) is 5.75 Å². The largest absolute Gasteiger partial charge is 0.508 e. The molecule has 3 N–H and O–H groups in total. The van der Waals surface area contributed by atoms with Crippen molar-refractivity contribution in [3.8, 4) is 5.75 Å². The van der Waals surface area contributed by atoms with Crippen LogP contribution in [-0.4, -0.2) is 5.11 Å². The second-order valence-electron chi connectivity index (χ2n) is 2.50. The zero-order chi connectivity index (χ0) is 8.97. The molecule has 0 aromatic heterocycles. The molecule has 12 heavy (non-hydrogen) atoms. The van der Waals surface area contributed by atoms with Crippen LogP contribution in [0, 0.1) is 0 Å². The van der Waals surface area contributed by atoms with Crippen molar-refractivity contribution in [1.29, 1.82) is 0 Å². The molecule has 0 aliphatic heterocycles. The number of rotatable bonds is 2. The predicted octanol–water partition coefficient (Wildman–Crippen LogP) is 1.88. The Morgan fingerprint density at radius 2 is 1.92 bits per heavy atom. The Kier molecular flexibility index (Phi) is 2.53. The third-order valence-corrected chi connectivity index (χ3v) is 1.38. The van der Waals surface area contributed by atoms with E-state index in [1.807, 2.05) is 6.08 Å². The van der Waals surface area contributed by atoms with E-state index in [2.05, 4.69) is 6.58 Å². The van der Waals surface area contributed by atoms with Crippen molar-refractivity contribution in [3.63, 3.8) is 0 Å². The average Bonchev–Trinajstić information content (AvgIpc) is 2.03. The lowest BCUT2D eigenvalue weighted by Crippen LogP contribution is -1.87. The number of nitrogens with two attached hydrogens (primary N) is 1. The van der Waals surface area contributed by atoms with E-state index in [4.69, 9.17) is 10.8 Å². The van der Waals surface area contributed by atoms with Gasteiger partial charge in [0.2, 0.25) is 0 Å². The summed E-state index contributed by atoms with van der Waals surface area (Å²) in [5.74, 6) is 0.263. The van der Waals surface area contributed by atoms with E-state index in [9.17, 15) is 0 Å². The van der Waals surface area contributed by atoms with Crippen LogP contribution in [-0.2, 0) is 0 Å². The Balaban J connectivity index is 2.77. The van der Waals surface area contributed by atoms with Gasteiger partial charge in [-0.2, -0.15) is 0 Å². The Morgan fingerprint density at radius 3 is 2.42 bits per heavy atom. The maximum atomic E-state index is 8.97. The molecule has 0 heterocycles. The molecule has 0 radical (unpaired) electrons. The molecule has 2 nitrogen and oxygen atoms in total. The quantitative estimate of drug-likeness (QED) is 0.650. The highest BCUT2D eigenvalue weighted by molar-refractivity contribution is 5.53. The smallest absolute Gasteiger partial charge is 0.115 e. The van der Waals surface area contributed by atoms with E-state index < -0.39 is 0 Å². The topological polar surface area (TPSA) is 46.2 Å². The Bertz CT molecular complexity index is 298. The molecule has 2 heteroatoms. The van der Waals surface area contributed by atoms with E-state index >= 15 is 0 Å². The van der Waals surface area contributed by atoms with Gasteiger partial charge in [-0.15, -0.1) is 0 Å². The number of hydrogen-bond acceptors (Lipinski definition) is 2. The van der Waals surface area contributed by atoms with Gasteiger partial charge in [0.15, 0.2) is 0 Å². The fraction of sp³-hybridized carbons (Fsp3) is 0. The molecule has 0 aliphatic carbocycles. The minimum atomic E-state index is 0.263. The number of phenolic OH excluding ortho intramolecular Hbond substituents is 1. The van der Waals surface area contributed by atoms with Crippen molar-refractivity contribution < 1.29 is 5.11 Å². The van der Waals surface area contributed by atoms with E-state index in [0.29, 0.717) is 5.70 Å². The van der Waals surface area contributed by atoms with Gasteiger partial charge in [-0.25, -0.2) is 0 Å². The molecule has 0 aliphatic rings. The lowest BCUT2D eigenvalue weighted by atomic mass is 10.2. The molecule has 0 saturated carbocycles. The second kappa shape index (κ2) is 3.62. The lowest BCUT2D eigenvalue weighted by Gasteiger charge is -1.93. The first-order valence-electron chi connectivity index (χ1n) is 3.60. The van der Waals surface area contributed by atoms with Crippen molar-refractivity contribution in [1.82, 2.24) is 0 Å². The van der Waals surface area contributed by atoms with Crippen LogP contribution in [0.25, 0.3) is 6.08 Å². The van der Waals surface area contributed by atoms with Crippen LogP contribution in [0.1, 0.15) is 5.56 Å². The van der Waals surface area contributed by atoms with Crippen molar-refractivity contribution in [2.45, 2.75) is 0 Å². The summed E-state index contributed by atoms with van der Waals surface area (Å²) in [5, 5.41) is 8.97. The zero-order valence-corrected chi connectivity index (χ0v) is 6.70. The summed E-state index contributed by atoms with van der Waals surface area (Å²) in [6, 6.07) is 6.85. The summed E-state index contributed by atoms with van der Waals surface area (Å²) in [6.45, 7) is 3.53. The van der Waals surface area contributed by atoms with Crippen LogP contribution >= 0.6 is 0 Å². The van der Waals surface area contributed by atoms with Gasteiger partial charge in [-0.05, 0) is 23.8 Å². The lowest BCUT2D eigenvalue weighted by molar-refractivity contribution is 0.475. The van der Waals surface area contributed by atoms with Gasteiger partial charge >= 0.3 is 0 Å². The standard InChI is InChI=1S/C10H11NO/c1-8(11)2-3-9-4-6-10(12)7-5-9/h2-7,12H,1,11H2/b3-2+. The van der Waals surface area contributed by atoms with E-state index in [1.165, 1.54) is 0 Å². The summed E-state index contributed by atoms with van der Waals surface area (Å²) in [7, 11) is 0. The number of allylic oxidation sites excluding steroid dienone is 1. The van der Waals surface area contributed by atoms with Crippen LogP contribution in [0.2, 0.25) is 0 Å². The van der Waals surface area contributed by atoms with E-state index in [-0.39, 0.29) is 5.75 Å². The van der Waals surface area contributed by atoms with Gasteiger partial charge in [-0.1, -0.05) is 24.8 Å². The first kappa shape index (κ1) is 8.40. The fourth-order valence-electron chi connectivity index (χ4n) is 0.789. The molecular weight excluding hydrogens is 150 g/mol. The molecule has 0 atom stereocenters. The van der Waals surface area contributed by atoms with Gasteiger partial charge in [0, 0.05) is 5.70 Å². The third kappa shape index (κ3) is 2.50. The predicted molar refractivity (Wildman–Crippen MR) is 50.5 cm³/mol. The molecule has 0 unspecified atom stereocenters. The normalized spacial score (nSPS) is 10.3. The maximum Gasteiger partial charge on any atom is 0.115 e. The number of aromatic hydroxyl groups is 1. The summed E-state index contributed by atoms with van der Waals surface area (Å²) in [5.41, 5.74) is 6.84. The van der Waals surface area contributed by atoms with Crippen molar-refractivity contribution >= 4 is 6.08 Å². The highest BCUT2D eigenvalue weighted by Gasteiger charge is 1.86. The minimum absolute atomic E-state index is 0.263. The molecule has 1 aromatic rings. The monoisotopic (exact) mass is 161 g/mol. The molecule has 0 spiro atoms. The first-order valence-corrected chi connectivity index (χ1v) is 3.60. The average molecular weight is 161 g/mol. The summed E-state index contributed by atoms with van der Waals surface area (Å²) >= 11 is 0. The Labute approximate surface area is 71.6 Å². The molecule has 62 valence electrons. The van der Waals surface area contributed by atoms with Crippen molar-refractivity contribution in [2.75, 3.05) is 0 Å². The van der Waals surface area contributed by atoms with Crippen molar-refractivity contribution in [3.05, 3.63) is 48.2 Å². The molecule has 0 saturated heterocycles. The molecule has 1 rings (SSSR count). The van der Waals surface area contributed by atoms with Crippen LogP contribution in [0.3, 0.4) is 0 Å². The molecule has 0 fully saturated rings. The maximum absolute atomic E-state index is 8.97. The van der Waals surface area contributed by atoms with Gasteiger partial charge in [0.05, 0.1) is 0 Å². The second-order valence-corrected chi connectivity index (χ2v) is 2.50. The van der Waals surface area contributed by atoms with Gasteiger partial charge < -0.3 is 10.8 Å². The van der Waals surface area contributed by atoms with Gasteiger partial charge in [-0.3, -0.25) is 0 Å². The van der Waals surface area contributed by atoms with Gasteiger partial charge in [0.25, 0.3) is 0 Å². The summed E-state index contributed by atoms with van der Waals surface area (Å²) in [6.07, 6.45) is 3.55. The van der Waals surface area contributed by atoms with Crippen LogP contribution < -0.4 is 5.73 Å². The Morgan fingerprint density at radius 1 is 1.33 bits per heavy atom. The zero-order valence-electron chi connectivity index (χ0n) is 6.70. The van der Waals surface area contributed by atoms with Crippen LogP contribution in [0.5, 0.6) is 5.75 Å². The van der Waals surface area contributed by atoms with E-state index in [0.717, 1.165) is 5.56 Å². The molecular formula is C10H11NO. The number of phenols is 1. The molecule has 0 bridgehead atoms. The number of hydrogen-bond donors (Lipinski definition) is 2. The Hall–Kier alpha value is -1.70. The van der Waals surface area contributed by atoms with E-state index in [1.54, 1.807) is 30.3 Å². The van der Waals surface area contributed by atoms with Crippen LogP contribution in [0.4, 0.5) is 0 Å². The third-order valence-electron chi connectivity index (χ3n) is 1.38. The number of benzene rings is 1. The molecule has 0 amide bonds. The fourth-order valence-corrected chi connectivity index (χ4v) is 0.789. The summed E-state index contributed by atoms with van der Waals surface area (Å²) < 4.78 is 0. The van der Waals surface area contributed by atoms with Crippen LogP contribution in [0.15, 0.2) is 42.6 Å². The first-order chi connectivity index (χ1) is 5.68. The summed E-state index contributed by atoms with van der Waals surface area (Å²) in [4.78, 5) is 0. The SMILES string of the molecule is C=C(N)/C=C/c1ccc(O)cc1. The molecule has 1 aromatic carbocycles. The minimum Gasteiger partial charge on any atom is -0.508 e. The van der Waals surface area contributed by atoms with Crippen molar-refractivity contribution in [2.24, 2.45) is 5.73 Å². The highest BCUT2D eigenvalue weighted by atomic mass is 16.3.